The number of benzene rings is 2. The van der Waals surface area contributed by atoms with E-state index < -0.39 is 75.4 Å². The second-order valence-electron chi connectivity index (χ2n) is 17.8. The normalized spacial score (nSPS) is 23.7. The van der Waals surface area contributed by atoms with Crippen LogP contribution < -0.4 is 25.4 Å². The number of anilines is 1. The van der Waals surface area contributed by atoms with Crippen LogP contribution >= 0.6 is 0 Å². The summed E-state index contributed by atoms with van der Waals surface area (Å²) in [4.78, 5) is 75.2. The monoisotopic (exact) mass is 892 g/mol. The van der Waals surface area contributed by atoms with E-state index in [1.165, 1.54) is 19.0 Å². The molecule has 3 aliphatic rings. The highest BCUT2D eigenvalue weighted by molar-refractivity contribution is 7.87. The van der Waals surface area contributed by atoms with E-state index in [0.717, 1.165) is 22.7 Å². The number of fused-ring (bicyclic) bond motifs is 3. The lowest BCUT2D eigenvalue weighted by Gasteiger charge is -2.30. The maximum Gasteiger partial charge on any atom is 0.411 e. The van der Waals surface area contributed by atoms with Crippen molar-refractivity contribution in [3.05, 3.63) is 66.2 Å². The lowest BCUT2D eigenvalue weighted by atomic mass is 10.0. The zero-order valence-electron chi connectivity index (χ0n) is 37.0. The van der Waals surface area contributed by atoms with Crippen molar-refractivity contribution < 1.29 is 46.6 Å². The van der Waals surface area contributed by atoms with Crippen molar-refractivity contribution in [3.63, 3.8) is 0 Å². The molecule has 0 radical (unpaired) electrons. The van der Waals surface area contributed by atoms with E-state index in [2.05, 4.69) is 20.7 Å². The molecule has 5 amide bonds. The first-order chi connectivity index (χ1) is 29.8. The Balaban J connectivity index is 1.29. The van der Waals surface area contributed by atoms with Crippen LogP contribution in [0.1, 0.15) is 91.2 Å². The van der Waals surface area contributed by atoms with Crippen LogP contribution in [0.3, 0.4) is 0 Å². The quantitative estimate of drug-likeness (QED) is 0.189. The standard InChI is InChI=1S/C44H60N8O10S/c1-28(2)52-34-22-16-21-32(45-41(56)60-24-23-29-17-12-11-13-18-29)36(34)47-40(52)61-31-25-35-37(53)48-44(39(55)49-63(58,59)50(6)7)26-30(44)19-14-9-8-10-15-20-33(38(54)51(35)27-31)46-42(57)62-43(3,4)5/h11-14,16-19,21-22,28,30-31,33,35H,8-10,15,20,23-27H2,1-7H3,(H,45,56)(H,46,57)(H,48,53)(H,49,55)/b19-14-/t30-,31-,33+,35+,44-/m1/s1. The molecule has 1 aliphatic carbocycles. The van der Waals surface area contributed by atoms with Gasteiger partial charge in [-0.25, -0.2) is 14.3 Å². The number of amides is 5. The first-order valence-corrected chi connectivity index (χ1v) is 22.9. The van der Waals surface area contributed by atoms with Gasteiger partial charge in [0.25, 0.3) is 11.9 Å². The van der Waals surface area contributed by atoms with E-state index in [1.807, 2.05) is 67.0 Å². The number of hydrogen-bond donors (Lipinski definition) is 4. The number of nitrogens with one attached hydrogen (secondary N) is 4. The summed E-state index contributed by atoms with van der Waals surface area (Å²) in [6.45, 7) is 9.09. The molecule has 2 aliphatic heterocycles. The topological polar surface area (TPSA) is 220 Å². The third-order valence-electron chi connectivity index (χ3n) is 11.2. The van der Waals surface area contributed by atoms with Gasteiger partial charge in [0.05, 0.1) is 24.4 Å². The molecular formula is C44H60N8O10S. The Morgan fingerprint density at radius 2 is 1.76 bits per heavy atom. The van der Waals surface area contributed by atoms with Crippen molar-refractivity contribution in [2.75, 3.05) is 32.6 Å². The number of carbonyl (C=O) groups is 5. The molecule has 2 aromatic carbocycles. The number of carbonyl (C=O) groups excluding carboxylic acids is 5. The average Bonchev–Trinajstić information content (AvgIpc) is 3.52. The SMILES string of the molecule is CC(C)n1c(O[C@@H]2C[C@H]3C(=O)N[C@]4(C(=O)NS(=O)(=O)N(C)C)C[C@H]4/C=C\CCCCC[C@H](NC(=O)OC(C)(C)C)C(=O)N3C2)nc2c(NC(=O)OCCc3ccccc3)cccc21. The Labute approximate surface area is 368 Å². The van der Waals surface area contributed by atoms with Crippen molar-refractivity contribution in [2.24, 2.45) is 5.92 Å². The number of para-hydroxylation sites is 1. The summed E-state index contributed by atoms with van der Waals surface area (Å²) in [6, 6.07) is 12.7. The molecular weight excluding hydrogens is 833 g/mol. The minimum Gasteiger partial charge on any atom is -0.459 e. The number of alkyl carbamates (subject to hydrolysis) is 1. The highest BCUT2D eigenvalue weighted by atomic mass is 32.2. The largest absolute Gasteiger partial charge is 0.459 e. The summed E-state index contributed by atoms with van der Waals surface area (Å²) in [5.74, 6) is -2.64. The molecule has 1 saturated carbocycles. The lowest BCUT2D eigenvalue weighted by Crippen LogP contribution is -2.58. The third-order valence-corrected chi connectivity index (χ3v) is 12.6. The maximum atomic E-state index is 14.7. The van der Waals surface area contributed by atoms with E-state index in [4.69, 9.17) is 19.2 Å². The van der Waals surface area contributed by atoms with Crippen LogP contribution in [0.2, 0.25) is 0 Å². The van der Waals surface area contributed by atoms with E-state index in [0.29, 0.717) is 36.0 Å². The van der Waals surface area contributed by atoms with Crippen molar-refractivity contribution >= 4 is 56.8 Å². The summed E-state index contributed by atoms with van der Waals surface area (Å²) < 4.78 is 48.0. The Morgan fingerprint density at radius 1 is 1.02 bits per heavy atom. The van der Waals surface area contributed by atoms with Gasteiger partial charge < -0.3 is 29.7 Å². The fourth-order valence-electron chi connectivity index (χ4n) is 7.89. The maximum absolute atomic E-state index is 14.7. The van der Waals surface area contributed by atoms with Gasteiger partial charge in [-0.1, -0.05) is 61.4 Å². The summed E-state index contributed by atoms with van der Waals surface area (Å²) in [7, 11) is -1.65. The smallest absolute Gasteiger partial charge is 0.411 e. The van der Waals surface area contributed by atoms with Crippen LogP contribution in [0.4, 0.5) is 15.3 Å². The number of nitrogens with zero attached hydrogens (tertiary/aromatic N) is 4. The van der Waals surface area contributed by atoms with Gasteiger partial charge in [-0.05, 0) is 78.0 Å². The highest BCUT2D eigenvalue weighted by Crippen LogP contribution is 2.46. The van der Waals surface area contributed by atoms with Gasteiger partial charge in [0, 0.05) is 38.9 Å². The Kier molecular flexibility index (Phi) is 14.4. The first kappa shape index (κ1) is 46.8. The van der Waals surface area contributed by atoms with Gasteiger partial charge in [-0.2, -0.15) is 17.7 Å². The van der Waals surface area contributed by atoms with E-state index in [-0.39, 0.29) is 44.5 Å². The molecule has 5 atom stereocenters. The molecule has 0 spiro atoms. The number of allylic oxidation sites excluding steroid dienone is 1. The molecule has 19 heteroatoms. The van der Waals surface area contributed by atoms with E-state index in [9.17, 15) is 32.4 Å². The molecule has 342 valence electrons. The fraction of sp³-hybridized carbons (Fsp3) is 0.545. The van der Waals surface area contributed by atoms with Crippen molar-refractivity contribution in [1.82, 2.24) is 34.1 Å². The van der Waals surface area contributed by atoms with Crippen LogP contribution in [-0.4, -0.2) is 114 Å². The van der Waals surface area contributed by atoms with Crippen LogP contribution in [0, 0.1) is 5.92 Å². The molecule has 3 aromatic rings. The van der Waals surface area contributed by atoms with Crippen LogP contribution in [0.15, 0.2) is 60.7 Å². The number of ether oxygens (including phenoxy) is 3. The lowest BCUT2D eigenvalue weighted by molar-refractivity contribution is -0.141. The van der Waals surface area contributed by atoms with Crippen molar-refractivity contribution in [1.29, 1.82) is 0 Å². The Bertz CT molecular complexity index is 2310. The third kappa shape index (κ3) is 11.5. The molecule has 0 unspecified atom stereocenters. The molecule has 0 bridgehead atoms. The van der Waals surface area contributed by atoms with Gasteiger partial charge in [0.1, 0.15) is 34.8 Å². The zero-order valence-corrected chi connectivity index (χ0v) is 37.8. The Hall–Kier alpha value is -5.69. The molecule has 18 nitrogen and oxygen atoms in total. The predicted molar refractivity (Wildman–Crippen MR) is 235 cm³/mol. The minimum absolute atomic E-state index is 0.0366. The van der Waals surface area contributed by atoms with Gasteiger partial charge in [-0.3, -0.25) is 24.3 Å². The summed E-state index contributed by atoms with van der Waals surface area (Å²) in [5.41, 5.74) is 0.0530. The number of aromatic nitrogens is 2. The first-order valence-electron chi connectivity index (χ1n) is 21.5. The molecule has 6 rings (SSSR count). The molecule has 3 heterocycles. The van der Waals surface area contributed by atoms with Crippen LogP contribution in [0.5, 0.6) is 6.01 Å². The summed E-state index contributed by atoms with van der Waals surface area (Å²) in [5, 5.41) is 8.38. The van der Waals surface area contributed by atoms with E-state index in [1.54, 1.807) is 32.9 Å². The zero-order chi connectivity index (χ0) is 45.7. The summed E-state index contributed by atoms with van der Waals surface area (Å²) in [6.07, 6.45) is 5.11. The number of hydrogen-bond acceptors (Lipinski definition) is 11. The van der Waals surface area contributed by atoms with Crippen LogP contribution in [-0.2, 0) is 40.5 Å². The summed E-state index contributed by atoms with van der Waals surface area (Å²) >= 11 is 0. The molecule has 1 saturated heterocycles. The second kappa shape index (κ2) is 19.4. The average molecular weight is 893 g/mol. The van der Waals surface area contributed by atoms with Gasteiger partial charge in [-0.15, -0.1) is 0 Å². The Morgan fingerprint density at radius 3 is 2.46 bits per heavy atom. The van der Waals surface area contributed by atoms with Crippen LogP contribution in [0.25, 0.3) is 11.0 Å². The molecule has 4 N–H and O–H groups in total. The molecule has 2 fully saturated rings. The second-order valence-corrected chi connectivity index (χ2v) is 19.6. The van der Waals surface area contributed by atoms with Crippen molar-refractivity contribution in [2.45, 2.75) is 121 Å². The minimum atomic E-state index is -4.21. The van der Waals surface area contributed by atoms with E-state index >= 15 is 0 Å². The molecule has 63 heavy (non-hydrogen) atoms. The van der Waals surface area contributed by atoms with Gasteiger partial charge in [0.2, 0.25) is 11.8 Å². The fourth-order valence-corrected chi connectivity index (χ4v) is 8.49. The van der Waals surface area contributed by atoms with Gasteiger partial charge in [0.15, 0.2) is 0 Å². The number of imidazole rings is 1. The predicted octanol–water partition coefficient (Wildman–Crippen LogP) is 4.97. The number of rotatable bonds is 11. The van der Waals surface area contributed by atoms with Crippen molar-refractivity contribution in [3.8, 4) is 6.01 Å². The van der Waals surface area contributed by atoms with Gasteiger partial charge >= 0.3 is 22.4 Å². The molecule has 1 aromatic heterocycles. The highest BCUT2D eigenvalue weighted by Gasteiger charge is 2.62.